The summed E-state index contributed by atoms with van der Waals surface area (Å²) in [5, 5.41) is 4.64. The Morgan fingerprint density at radius 3 is 2.84 bits per heavy atom. The molecule has 0 atom stereocenters. The van der Waals surface area contributed by atoms with Gasteiger partial charge in [-0.2, -0.15) is 5.10 Å². The van der Waals surface area contributed by atoms with E-state index in [0.29, 0.717) is 22.7 Å². The fraction of sp³-hybridized carbons (Fsp3) is 0.231. The number of carbonyl (C=O) groups excluding carboxylic acids is 1. The Morgan fingerprint density at radius 2 is 2.26 bits per heavy atom. The fourth-order valence-corrected chi connectivity index (χ4v) is 2.59. The predicted octanol–water partition coefficient (Wildman–Crippen LogP) is 3.56. The number of hydrogen-bond donors (Lipinski definition) is 0. The number of benzene rings is 1. The first-order valence-electron chi connectivity index (χ1n) is 5.56. The van der Waals surface area contributed by atoms with Gasteiger partial charge in [0.05, 0.1) is 17.9 Å². The van der Waals surface area contributed by atoms with E-state index in [0.717, 1.165) is 15.7 Å². The lowest BCUT2D eigenvalue weighted by Gasteiger charge is -2.07. The Morgan fingerprint density at radius 1 is 1.53 bits per heavy atom. The van der Waals surface area contributed by atoms with Gasteiger partial charge in [0.1, 0.15) is 10.8 Å². The number of aromatic nitrogens is 2. The van der Waals surface area contributed by atoms with Gasteiger partial charge >= 0.3 is 0 Å². The number of rotatable bonds is 4. The third-order valence-electron chi connectivity index (χ3n) is 2.73. The van der Waals surface area contributed by atoms with Crippen LogP contribution < -0.4 is 0 Å². The molecule has 2 aromatic rings. The highest BCUT2D eigenvalue weighted by atomic mass is 79.9. The molecule has 1 aromatic heterocycles. The summed E-state index contributed by atoms with van der Waals surface area (Å²) in [5.41, 5.74) is 2.73. The lowest BCUT2D eigenvalue weighted by Crippen LogP contribution is -2.00. The predicted molar refractivity (Wildman–Crippen MR) is 77.1 cm³/mol. The largest absolute Gasteiger partial charge is 0.378 e. The second-order valence-electron chi connectivity index (χ2n) is 4.04. The van der Waals surface area contributed by atoms with Crippen molar-refractivity contribution < 1.29 is 9.53 Å². The van der Waals surface area contributed by atoms with Gasteiger partial charge in [0.25, 0.3) is 0 Å². The topological polar surface area (TPSA) is 44.1 Å². The molecule has 0 aliphatic heterocycles. The van der Waals surface area contributed by atoms with E-state index in [4.69, 9.17) is 16.3 Å². The summed E-state index contributed by atoms with van der Waals surface area (Å²) in [4.78, 5) is 11.1. The van der Waals surface area contributed by atoms with Gasteiger partial charge in [-0.25, -0.2) is 4.68 Å². The number of nitrogens with zero attached hydrogens (tertiary/aromatic N) is 2. The number of halogens is 2. The zero-order valence-corrected chi connectivity index (χ0v) is 12.8. The molecule has 0 radical (unpaired) electrons. The maximum Gasteiger partial charge on any atom is 0.155 e. The number of carbonyl (C=O) groups is 1. The van der Waals surface area contributed by atoms with Gasteiger partial charge in [0.2, 0.25) is 0 Å². The molecule has 0 N–H and O–H groups in total. The van der Waals surface area contributed by atoms with Gasteiger partial charge in [-0.15, -0.1) is 0 Å². The molecule has 0 saturated heterocycles. The number of hydrogen-bond acceptors (Lipinski definition) is 3. The van der Waals surface area contributed by atoms with Crippen LogP contribution in [0.1, 0.15) is 21.6 Å². The minimum Gasteiger partial charge on any atom is -0.378 e. The highest BCUT2D eigenvalue weighted by Gasteiger charge is 2.17. The van der Waals surface area contributed by atoms with E-state index < -0.39 is 0 Å². The molecular weight excluding hydrogens is 332 g/mol. The van der Waals surface area contributed by atoms with E-state index in [-0.39, 0.29) is 6.61 Å². The zero-order valence-electron chi connectivity index (χ0n) is 10.5. The van der Waals surface area contributed by atoms with Crippen LogP contribution in [0.25, 0.3) is 5.69 Å². The van der Waals surface area contributed by atoms with Crippen molar-refractivity contribution in [2.24, 2.45) is 0 Å². The number of ether oxygens (including phenoxy) is 1. The van der Waals surface area contributed by atoms with Crippen LogP contribution in [0.2, 0.25) is 5.15 Å². The van der Waals surface area contributed by atoms with Crippen molar-refractivity contribution in [3.8, 4) is 5.69 Å². The van der Waals surface area contributed by atoms with Gasteiger partial charge in [0, 0.05) is 11.6 Å². The third-order valence-corrected chi connectivity index (χ3v) is 3.58. The van der Waals surface area contributed by atoms with Gasteiger partial charge in [-0.3, -0.25) is 4.79 Å². The highest BCUT2D eigenvalue weighted by Crippen LogP contribution is 2.26. The molecule has 4 nitrogen and oxygen atoms in total. The Labute approximate surface area is 124 Å². The lowest BCUT2D eigenvalue weighted by atomic mass is 10.2. The smallest absolute Gasteiger partial charge is 0.155 e. The molecule has 6 heteroatoms. The first-order chi connectivity index (χ1) is 9.08. The van der Waals surface area contributed by atoms with Crippen molar-refractivity contribution in [1.29, 1.82) is 0 Å². The minimum atomic E-state index is 0.246. The number of aryl methyl sites for hydroxylation is 1. The Hall–Kier alpha value is -1.17. The van der Waals surface area contributed by atoms with Crippen LogP contribution in [0.3, 0.4) is 0 Å². The zero-order chi connectivity index (χ0) is 14.0. The van der Waals surface area contributed by atoms with Crippen LogP contribution in [0.5, 0.6) is 0 Å². The average molecular weight is 344 g/mol. The highest BCUT2D eigenvalue weighted by molar-refractivity contribution is 9.10. The fourth-order valence-electron chi connectivity index (χ4n) is 1.83. The Kier molecular flexibility index (Phi) is 4.39. The summed E-state index contributed by atoms with van der Waals surface area (Å²) in [5.74, 6) is 0. The van der Waals surface area contributed by atoms with Crippen LogP contribution in [0.4, 0.5) is 0 Å². The first kappa shape index (κ1) is 14.2. The van der Waals surface area contributed by atoms with Crippen LogP contribution in [0.15, 0.2) is 22.7 Å². The summed E-state index contributed by atoms with van der Waals surface area (Å²) < 4.78 is 7.56. The lowest BCUT2D eigenvalue weighted by molar-refractivity contribution is 0.111. The molecule has 0 aliphatic rings. The standard InChI is InChI=1S/C13H12BrClN2O2/c1-8-5-9(14)3-4-12(8)17-13(15)10(6-18)11(16-17)7-19-2/h3-6H,7H2,1-2H3. The molecule has 1 heterocycles. The summed E-state index contributed by atoms with van der Waals surface area (Å²) in [6.45, 7) is 2.20. The SMILES string of the molecule is COCc1nn(-c2ccc(Br)cc2C)c(Cl)c1C=O. The summed E-state index contributed by atoms with van der Waals surface area (Å²) in [6.07, 6.45) is 0.703. The van der Waals surface area contributed by atoms with Crippen LogP contribution >= 0.6 is 27.5 Å². The average Bonchev–Trinajstić information content (AvgIpc) is 2.66. The summed E-state index contributed by atoms with van der Waals surface area (Å²) in [7, 11) is 1.55. The molecule has 0 amide bonds. The van der Waals surface area contributed by atoms with Crippen LogP contribution in [-0.2, 0) is 11.3 Å². The van der Waals surface area contributed by atoms with E-state index in [1.54, 1.807) is 11.8 Å². The van der Waals surface area contributed by atoms with Crippen molar-refractivity contribution in [2.75, 3.05) is 7.11 Å². The van der Waals surface area contributed by atoms with Crippen molar-refractivity contribution >= 4 is 33.8 Å². The van der Waals surface area contributed by atoms with Crippen molar-refractivity contribution in [3.63, 3.8) is 0 Å². The second kappa shape index (κ2) is 5.86. The van der Waals surface area contributed by atoms with E-state index in [2.05, 4.69) is 21.0 Å². The number of methoxy groups -OCH3 is 1. The summed E-state index contributed by atoms with van der Waals surface area (Å²) >= 11 is 9.62. The molecule has 19 heavy (non-hydrogen) atoms. The molecule has 1 aromatic carbocycles. The van der Waals surface area contributed by atoms with Gasteiger partial charge in [-0.1, -0.05) is 27.5 Å². The molecule has 0 spiro atoms. The molecule has 0 fully saturated rings. The van der Waals surface area contributed by atoms with Crippen LogP contribution in [0, 0.1) is 6.92 Å². The van der Waals surface area contributed by atoms with Gasteiger partial charge in [0.15, 0.2) is 6.29 Å². The second-order valence-corrected chi connectivity index (χ2v) is 5.32. The minimum absolute atomic E-state index is 0.246. The van der Waals surface area contributed by atoms with E-state index in [9.17, 15) is 4.79 Å². The van der Waals surface area contributed by atoms with Gasteiger partial charge < -0.3 is 4.74 Å². The quantitative estimate of drug-likeness (QED) is 0.797. The molecule has 100 valence electrons. The Bertz CT molecular complexity index is 625. The summed E-state index contributed by atoms with van der Waals surface area (Å²) in [6, 6.07) is 5.75. The maximum atomic E-state index is 11.1. The maximum absolute atomic E-state index is 11.1. The van der Waals surface area contributed by atoms with E-state index in [1.165, 1.54) is 0 Å². The van der Waals surface area contributed by atoms with Crippen molar-refractivity contribution in [2.45, 2.75) is 13.5 Å². The third kappa shape index (κ3) is 2.73. The normalized spacial score (nSPS) is 10.7. The van der Waals surface area contributed by atoms with Gasteiger partial charge in [-0.05, 0) is 30.7 Å². The Balaban J connectivity index is 2.59. The van der Waals surface area contributed by atoms with E-state index in [1.807, 2.05) is 25.1 Å². The van der Waals surface area contributed by atoms with Crippen LogP contribution in [-0.4, -0.2) is 23.2 Å². The molecule has 0 bridgehead atoms. The van der Waals surface area contributed by atoms with Crippen molar-refractivity contribution in [1.82, 2.24) is 9.78 Å². The molecule has 0 saturated carbocycles. The van der Waals surface area contributed by atoms with E-state index >= 15 is 0 Å². The molecular formula is C13H12BrClN2O2. The monoisotopic (exact) mass is 342 g/mol. The van der Waals surface area contributed by atoms with Crippen molar-refractivity contribution in [3.05, 3.63) is 44.6 Å². The first-order valence-corrected chi connectivity index (χ1v) is 6.73. The molecule has 2 rings (SSSR count). The molecule has 0 unspecified atom stereocenters. The number of aldehydes is 1. The molecule has 0 aliphatic carbocycles.